The second-order valence-electron chi connectivity index (χ2n) is 3.25. The van der Waals surface area contributed by atoms with Crippen molar-refractivity contribution in [1.29, 1.82) is 0 Å². The summed E-state index contributed by atoms with van der Waals surface area (Å²) < 4.78 is 1.60. The Morgan fingerprint density at radius 2 is 2.33 bits per heavy atom. The quantitative estimate of drug-likeness (QED) is 0.469. The highest BCUT2D eigenvalue weighted by molar-refractivity contribution is 6.03. The molecule has 1 aliphatic heterocycles. The van der Waals surface area contributed by atoms with Gasteiger partial charge in [-0.2, -0.15) is 10.1 Å². The summed E-state index contributed by atoms with van der Waals surface area (Å²) in [5.41, 5.74) is 1.84. The maximum atomic E-state index is 11.6. The topological polar surface area (TPSA) is 85.8 Å². The van der Waals surface area contributed by atoms with Crippen molar-refractivity contribution in [1.82, 2.24) is 19.8 Å². The first kappa shape index (κ1) is 8.18. The molecule has 76 valence electrons. The van der Waals surface area contributed by atoms with E-state index in [0.29, 0.717) is 16.3 Å². The third-order valence-electron chi connectivity index (χ3n) is 2.31. The smallest absolute Gasteiger partial charge is 0.305 e. The van der Waals surface area contributed by atoms with Crippen LogP contribution in [0.2, 0.25) is 0 Å². The summed E-state index contributed by atoms with van der Waals surface area (Å²) in [4.78, 5) is 20.6. The first-order chi connectivity index (χ1) is 7.18. The van der Waals surface area contributed by atoms with E-state index in [2.05, 4.69) is 10.1 Å². The molecular formula is C8H7N5O2. The molecule has 2 aromatic rings. The molecule has 0 spiro atoms. The maximum Gasteiger partial charge on any atom is 0.305 e. The van der Waals surface area contributed by atoms with Gasteiger partial charge in [0.25, 0.3) is 5.88 Å². The summed E-state index contributed by atoms with van der Waals surface area (Å²) >= 11 is 0. The van der Waals surface area contributed by atoms with Crippen LogP contribution < -0.4 is 10.7 Å². The van der Waals surface area contributed by atoms with E-state index < -0.39 is 5.91 Å². The lowest BCUT2D eigenvalue weighted by Gasteiger charge is -2.20. The van der Waals surface area contributed by atoms with Crippen LogP contribution in [0, 0.1) is 6.92 Å². The number of hydrazine groups is 1. The van der Waals surface area contributed by atoms with Crippen molar-refractivity contribution < 1.29 is 9.63 Å². The first-order valence-electron chi connectivity index (χ1n) is 4.29. The van der Waals surface area contributed by atoms with Gasteiger partial charge in [0.15, 0.2) is 0 Å². The van der Waals surface area contributed by atoms with Crippen LogP contribution in [-0.2, 0) is 0 Å². The molecule has 7 heteroatoms. The van der Waals surface area contributed by atoms with Crippen LogP contribution in [0.15, 0.2) is 12.4 Å². The van der Waals surface area contributed by atoms with Crippen molar-refractivity contribution in [2.45, 2.75) is 6.92 Å². The highest BCUT2D eigenvalue weighted by Crippen LogP contribution is 2.28. The fraction of sp³-hybridized carbons (Fsp3) is 0.125. The lowest BCUT2D eigenvalue weighted by atomic mass is 10.2. The molecular weight excluding hydrogens is 198 g/mol. The molecule has 0 fully saturated rings. The highest BCUT2D eigenvalue weighted by Gasteiger charge is 2.29. The number of carbonyl (C=O) groups is 1. The molecule has 0 saturated heterocycles. The molecule has 0 saturated carbocycles. The van der Waals surface area contributed by atoms with Gasteiger partial charge in [-0.3, -0.25) is 4.79 Å². The number of aromatic nitrogens is 3. The molecule has 0 atom stereocenters. The Labute approximate surface area is 84.0 Å². The van der Waals surface area contributed by atoms with E-state index >= 15 is 0 Å². The zero-order chi connectivity index (χ0) is 10.6. The summed E-state index contributed by atoms with van der Waals surface area (Å²) in [5, 5.41) is 4.69. The minimum atomic E-state index is -0.400. The van der Waals surface area contributed by atoms with E-state index in [1.165, 1.54) is 6.33 Å². The molecule has 2 N–H and O–H groups in total. The molecule has 0 aromatic carbocycles. The highest BCUT2D eigenvalue weighted by atomic mass is 16.7. The number of amides is 1. The van der Waals surface area contributed by atoms with Crippen LogP contribution in [-0.4, -0.2) is 25.7 Å². The summed E-state index contributed by atoms with van der Waals surface area (Å²) in [7, 11) is 0. The summed E-state index contributed by atoms with van der Waals surface area (Å²) in [5.74, 6) is 5.26. The molecule has 2 aromatic heterocycles. The van der Waals surface area contributed by atoms with Gasteiger partial charge in [-0.1, -0.05) is 5.17 Å². The van der Waals surface area contributed by atoms with Crippen molar-refractivity contribution >= 4 is 11.4 Å². The minimum Gasteiger partial charge on any atom is -0.338 e. The van der Waals surface area contributed by atoms with Crippen LogP contribution in [0.25, 0.3) is 5.52 Å². The third-order valence-corrected chi connectivity index (χ3v) is 2.31. The zero-order valence-electron chi connectivity index (χ0n) is 7.84. The van der Waals surface area contributed by atoms with Crippen LogP contribution in [0.4, 0.5) is 0 Å². The Kier molecular flexibility index (Phi) is 1.34. The van der Waals surface area contributed by atoms with Gasteiger partial charge in [-0.25, -0.2) is 10.4 Å². The minimum absolute atomic E-state index is 0.287. The number of hydrogen-bond acceptors (Lipinski definition) is 5. The van der Waals surface area contributed by atoms with Crippen molar-refractivity contribution in [2.24, 2.45) is 5.84 Å². The maximum absolute atomic E-state index is 11.6. The van der Waals surface area contributed by atoms with Gasteiger partial charge in [0, 0.05) is 5.69 Å². The lowest BCUT2D eigenvalue weighted by molar-refractivity contribution is -0.0398. The predicted octanol–water partition coefficient (Wildman–Crippen LogP) is -0.339. The number of carbonyl (C=O) groups excluding carboxylic acids is 1. The number of nitrogens with two attached hydrogens (primary N) is 1. The van der Waals surface area contributed by atoms with Crippen molar-refractivity contribution in [3.05, 3.63) is 23.7 Å². The Bertz CT molecular complexity index is 576. The SMILES string of the molecule is Cc1cc2c3c(ncnn13)ON(N)C2=O. The van der Waals surface area contributed by atoms with Gasteiger partial charge in [0.2, 0.25) is 0 Å². The number of hydrogen-bond donors (Lipinski definition) is 1. The van der Waals surface area contributed by atoms with Crippen LogP contribution in [0.1, 0.15) is 16.1 Å². The number of nitrogens with zero attached hydrogens (tertiary/aromatic N) is 4. The summed E-state index contributed by atoms with van der Waals surface area (Å²) in [6.07, 6.45) is 1.35. The Morgan fingerprint density at radius 1 is 1.53 bits per heavy atom. The fourth-order valence-electron chi connectivity index (χ4n) is 1.66. The Morgan fingerprint density at radius 3 is 3.13 bits per heavy atom. The number of rotatable bonds is 0. The second-order valence-corrected chi connectivity index (χ2v) is 3.25. The van der Waals surface area contributed by atoms with Crippen molar-refractivity contribution in [2.75, 3.05) is 0 Å². The van der Waals surface area contributed by atoms with E-state index in [0.717, 1.165) is 5.69 Å². The van der Waals surface area contributed by atoms with Crippen molar-refractivity contribution in [3.8, 4) is 5.88 Å². The Balaban J connectivity index is 2.47. The molecule has 0 aliphatic carbocycles. The molecule has 3 heterocycles. The fourth-order valence-corrected chi connectivity index (χ4v) is 1.66. The second kappa shape index (κ2) is 2.45. The summed E-state index contributed by atoms with van der Waals surface area (Å²) in [6, 6.07) is 1.71. The number of aryl methyl sites for hydroxylation is 1. The Hall–Kier alpha value is -2.15. The zero-order valence-corrected chi connectivity index (χ0v) is 7.84. The van der Waals surface area contributed by atoms with Gasteiger partial charge in [0.05, 0.1) is 5.56 Å². The van der Waals surface area contributed by atoms with E-state index in [9.17, 15) is 4.79 Å². The molecule has 15 heavy (non-hydrogen) atoms. The largest absolute Gasteiger partial charge is 0.338 e. The van der Waals surface area contributed by atoms with Crippen LogP contribution in [0.3, 0.4) is 0 Å². The van der Waals surface area contributed by atoms with Gasteiger partial charge < -0.3 is 4.84 Å². The van der Waals surface area contributed by atoms with Crippen LogP contribution in [0.5, 0.6) is 5.88 Å². The van der Waals surface area contributed by atoms with Gasteiger partial charge in [-0.05, 0) is 13.0 Å². The van der Waals surface area contributed by atoms with Gasteiger partial charge >= 0.3 is 5.91 Å². The molecule has 1 amide bonds. The van der Waals surface area contributed by atoms with Crippen LogP contribution >= 0.6 is 0 Å². The van der Waals surface area contributed by atoms with E-state index in [-0.39, 0.29) is 5.88 Å². The third kappa shape index (κ3) is 0.895. The lowest BCUT2D eigenvalue weighted by Crippen LogP contribution is -2.42. The van der Waals surface area contributed by atoms with Crippen molar-refractivity contribution in [3.63, 3.8) is 0 Å². The monoisotopic (exact) mass is 205 g/mol. The molecule has 0 bridgehead atoms. The average molecular weight is 205 g/mol. The predicted molar refractivity (Wildman–Crippen MR) is 48.7 cm³/mol. The molecule has 3 rings (SSSR count). The van der Waals surface area contributed by atoms with Gasteiger partial charge in [-0.15, -0.1) is 0 Å². The molecule has 7 nitrogen and oxygen atoms in total. The molecule has 1 aliphatic rings. The molecule has 0 unspecified atom stereocenters. The molecule has 0 radical (unpaired) electrons. The van der Waals surface area contributed by atoms with E-state index in [4.69, 9.17) is 10.7 Å². The average Bonchev–Trinajstić information content (AvgIpc) is 2.55. The van der Waals surface area contributed by atoms with E-state index in [1.54, 1.807) is 10.6 Å². The standard InChI is InChI=1S/C8H7N5O2/c1-4-2-5-6-7(10-3-11-12(4)6)15-13(9)8(5)14/h2-3H,9H2,1H3. The number of hydroxylamine groups is 1. The first-order valence-corrected chi connectivity index (χ1v) is 4.29. The summed E-state index contributed by atoms with van der Waals surface area (Å²) in [6.45, 7) is 1.84. The van der Waals surface area contributed by atoms with Gasteiger partial charge in [0.1, 0.15) is 11.8 Å². The van der Waals surface area contributed by atoms with E-state index in [1.807, 2.05) is 6.92 Å². The normalized spacial score (nSPS) is 14.5.